The van der Waals surface area contributed by atoms with Crippen LogP contribution in [0.1, 0.15) is 48.5 Å². The minimum absolute atomic E-state index is 0.179. The van der Waals surface area contributed by atoms with Crippen LogP contribution >= 0.6 is 0 Å². The first-order valence-corrected chi connectivity index (χ1v) is 7.28. The Balaban J connectivity index is 2.19. The second kappa shape index (κ2) is 6.26. The second-order valence-electron chi connectivity index (χ2n) is 5.42. The second-order valence-corrected chi connectivity index (χ2v) is 5.42. The van der Waals surface area contributed by atoms with Crippen molar-refractivity contribution in [1.82, 2.24) is 0 Å². The quantitative estimate of drug-likeness (QED) is 0.874. The third-order valence-corrected chi connectivity index (χ3v) is 3.97. The summed E-state index contributed by atoms with van der Waals surface area (Å²) in [5.74, 6) is -1.17. The Labute approximate surface area is 124 Å². The SMILES string of the molecule is CCOC1(C(=O)Nc2ccc(C)c(C(=O)O)c2)CCCC1. The van der Waals surface area contributed by atoms with Gasteiger partial charge in [0.15, 0.2) is 0 Å². The summed E-state index contributed by atoms with van der Waals surface area (Å²) in [4.78, 5) is 23.7. The maximum atomic E-state index is 12.5. The number of anilines is 1. The third-order valence-electron chi connectivity index (χ3n) is 3.97. The summed E-state index contributed by atoms with van der Waals surface area (Å²) in [5.41, 5.74) is 0.600. The van der Waals surface area contributed by atoms with Crippen molar-refractivity contribution >= 4 is 17.6 Å². The molecule has 0 heterocycles. The zero-order chi connectivity index (χ0) is 15.5. The Kier molecular flexibility index (Phi) is 4.63. The molecule has 1 saturated carbocycles. The van der Waals surface area contributed by atoms with Gasteiger partial charge in [-0.1, -0.05) is 6.07 Å². The van der Waals surface area contributed by atoms with Crippen molar-refractivity contribution in [2.45, 2.75) is 45.1 Å². The van der Waals surface area contributed by atoms with Crippen molar-refractivity contribution in [2.24, 2.45) is 0 Å². The Morgan fingerprint density at radius 2 is 2.00 bits per heavy atom. The highest BCUT2D eigenvalue weighted by Crippen LogP contribution is 2.34. The number of carboxylic acid groups (broad SMARTS) is 1. The van der Waals surface area contributed by atoms with Crippen LogP contribution in [0.25, 0.3) is 0 Å². The average molecular weight is 291 g/mol. The molecular weight excluding hydrogens is 270 g/mol. The van der Waals surface area contributed by atoms with Crippen LogP contribution in [0.15, 0.2) is 18.2 Å². The fourth-order valence-corrected chi connectivity index (χ4v) is 2.83. The van der Waals surface area contributed by atoms with Gasteiger partial charge in [-0.25, -0.2) is 4.79 Å². The normalized spacial score (nSPS) is 16.7. The van der Waals surface area contributed by atoms with Gasteiger partial charge in [-0.3, -0.25) is 4.79 Å². The highest BCUT2D eigenvalue weighted by Gasteiger charge is 2.42. The summed E-state index contributed by atoms with van der Waals surface area (Å²) >= 11 is 0. The molecule has 0 spiro atoms. The molecule has 1 aromatic carbocycles. The zero-order valence-electron chi connectivity index (χ0n) is 12.4. The number of hydrogen-bond donors (Lipinski definition) is 2. The topological polar surface area (TPSA) is 75.6 Å². The van der Waals surface area contributed by atoms with E-state index in [4.69, 9.17) is 9.84 Å². The number of carbonyl (C=O) groups excluding carboxylic acids is 1. The van der Waals surface area contributed by atoms with Crippen molar-refractivity contribution in [3.63, 3.8) is 0 Å². The summed E-state index contributed by atoms with van der Waals surface area (Å²) < 4.78 is 5.70. The fourth-order valence-electron chi connectivity index (χ4n) is 2.83. The molecule has 0 radical (unpaired) electrons. The van der Waals surface area contributed by atoms with Gasteiger partial charge >= 0.3 is 5.97 Å². The largest absolute Gasteiger partial charge is 0.478 e. The molecule has 1 aliphatic rings. The first-order valence-electron chi connectivity index (χ1n) is 7.28. The monoisotopic (exact) mass is 291 g/mol. The van der Waals surface area contributed by atoms with Gasteiger partial charge in [0.25, 0.3) is 5.91 Å². The van der Waals surface area contributed by atoms with Crippen LogP contribution < -0.4 is 5.32 Å². The predicted molar refractivity (Wildman–Crippen MR) is 79.6 cm³/mol. The van der Waals surface area contributed by atoms with E-state index in [0.717, 1.165) is 12.8 Å². The van der Waals surface area contributed by atoms with Gasteiger partial charge in [0.1, 0.15) is 5.60 Å². The Morgan fingerprint density at radius 3 is 2.57 bits per heavy atom. The van der Waals surface area contributed by atoms with Crippen molar-refractivity contribution < 1.29 is 19.4 Å². The van der Waals surface area contributed by atoms with E-state index in [1.54, 1.807) is 19.1 Å². The molecule has 0 atom stereocenters. The van der Waals surface area contributed by atoms with E-state index in [1.165, 1.54) is 6.07 Å². The molecule has 0 unspecified atom stereocenters. The number of rotatable bonds is 5. The van der Waals surface area contributed by atoms with Crippen molar-refractivity contribution in [2.75, 3.05) is 11.9 Å². The lowest BCUT2D eigenvalue weighted by Gasteiger charge is -2.27. The highest BCUT2D eigenvalue weighted by molar-refractivity contribution is 5.99. The standard InChI is InChI=1S/C16H21NO4/c1-3-21-16(8-4-5-9-16)15(20)17-12-7-6-11(2)13(10-12)14(18)19/h6-7,10H,3-5,8-9H2,1-2H3,(H,17,20)(H,18,19). The first-order chi connectivity index (χ1) is 9.98. The molecule has 1 amide bonds. The average Bonchev–Trinajstić information content (AvgIpc) is 2.91. The van der Waals surface area contributed by atoms with Crippen molar-refractivity contribution in [3.8, 4) is 0 Å². The summed E-state index contributed by atoms with van der Waals surface area (Å²) in [6.45, 7) is 4.09. The van der Waals surface area contributed by atoms with Crippen LogP contribution in [0.5, 0.6) is 0 Å². The fraction of sp³-hybridized carbons (Fsp3) is 0.500. The minimum Gasteiger partial charge on any atom is -0.478 e. The predicted octanol–water partition coefficient (Wildman–Crippen LogP) is 2.98. The lowest BCUT2D eigenvalue weighted by atomic mass is 10.0. The molecule has 2 rings (SSSR count). The van der Waals surface area contributed by atoms with E-state index in [9.17, 15) is 9.59 Å². The van der Waals surface area contributed by atoms with Crippen molar-refractivity contribution in [3.05, 3.63) is 29.3 Å². The Bertz CT molecular complexity index is 547. The number of aromatic carboxylic acids is 1. The van der Waals surface area contributed by atoms with Gasteiger partial charge in [-0.15, -0.1) is 0 Å². The zero-order valence-corrected chi connectivity index (χ0v) is 12.4. The molecule has 1 fully saturated rings. The number of hydrogen-bond acceptors (Lipinski definition) is 3. The minimum atomic E-state index is -0.996. The number of benzene rings is 1. The molecule has 0 aromatic heterocycles. The van der Waals surface area contributed by atoms with E-state index in [-0.39, 0.29) is 11.5 Å². The maximum Gasteiger partial charge on any atom is 0.336 e. The lowest BCUT2D eigenvalue weighted by Crippen LogP contribution is -2.43. The van der Waals surface area contributed by atoms with Crippen LogP contribution in [0, 0.1) is 6.92 Å². The van der Waals surface area contributed by atoms with Gasteiger partial charge in [0.05, 0.1) is 5.56 Å². The molecule has 0 aliphatic heterocycles. The molecule has 2 N–H and O–H groups in total. The van der Waals surface area contributed by atoms with Gasteiger partial charge in [-0.2, -0.15) is 0 Å². The first kappa shape index (κ1) is 15.5. The molecule has 0 bridgehead atoms. The van der Waals surface area contributed by atoms with Crippen LogP contribution in [-0.4, -0.2) is 29.2 Å². The summed E-state index contributed by atoms with van der Waals surface area (Å²) in [7, 11) is 0. The summed E-state index contributed by atoms with van der Waals surface area (Å²) in [6.07, 6.45) is 3.37. The van der Waals surface area contributed by atoms with Crippen LogP contribution in [0.2, 0.25) is 0 Å². The van der Waals surface area contributed by atoms with Gasteiger partial charge in [-0.05, 0) is 57.2 Å². The van der Waals surface area contributed by atoms with Crippen LogP contribution in [0.4, 0.5) is 5.69 Å². The molecule has 1 aromatic rings. The molecule has 21 heavy (non-hydrogen) atoms. The Hall–Kier alpha value is -1.88. The number of ether oxygens (including phenoxy) is 1. The molecule has 0 saturated heterocycles. The summed E-state index contributed by atoms with van der Waals surface area (Å²) in [5, 5.41) is 11.9. The van der Waals surface area contributed by atoms with Crippen molar-refractivity contribution in [1.29, 1.82) is 0 Å². The molecule has 5 nitrogen and oxygen atoms in total. The van der Waals surface area contributed by atoms with Crippen LogP contribution in [-0.2, 0) is 9.53 Å². The number of amides is 1. The van der Waals surface area contributed by atoms with Gasteiger partial charge in [0, 0.05) is 12.3 Å². The highest BCUT2D eigenvalue weighted by atomic mass is 16.5. The van der Waals surface area contributed by atoms with Crippen LogP contribution in [0.3, 0.4) is 0 Å². The Morgan fingerprint density at radius 1 is 1.33 bits per heavy atom. The van der Waals surface area contributed by atoms with Gasteiger partial charge in [0.2, 0.25) is 0 Å². The number of carbonyl (C=O) groups is 2. The van der Waals surface area contributed by atoms with Gasteiger partial charge < -0.3 is 15.2 Å². The number of aryl methyl sites for hydroxylation is 1. The smallest absolute Gasteiger partial charge is 0.336 e. The molecule has 5 heteroatoms. The third kappa shape index (κ3) is 3.24. The van der Waals surface area contributed by atoms with E-state index in [1.807, 2.05) is 6.92 Å². The summed E-state index contributed by atoms with van der Waals surface area (Å²) in [6, 6.07) is 4.90. The number of nitrogens with one attached hydrogen (secondary N) is 1. The molecular formula is C16H21NO4. The lowest BCUT2D eigenvalue weighted by molar-refractivity contribution is -0.140. The van der Waals surface area contributed by atoms with E-state index in [0.29, 0.717) is 30.7 Å². The van der Waals surface area contributed by atoms with E-state index in [2.05, 4.69) is 5.32 Å². The number of carboxylic acids is 1. The van der Waals surface area contributed by atoms with E-state index >= 15 is 0 Å². The molecule has 1 aliphatic carbocycles. The molecule has 114 valence electrons. The van der Waals surface area contributed by atoms with E-state index < -0.39 is 11.6 Å². The maximum absolute atomic E-state index is 12.5.